The van der Waals surface area contributed by atoms with Gasteiger partial charge in [0.25, 0.3) is 0 Å². The van der Waals surface area contributed by atoms with Crippen molar-refractivity contribution in [3.05, 3.63) is 18.2 Å². The van der Waals surface area contributed by atoms with E-state index in [0.717, 1.165) is 5.69 Å². The second-order valence-corrected chi connectivity index (χ2v) is 3.66. The van der Waals surface area contributed by atoms with Crippen molar-refractivity contribution in [3.8, 4) is 0 Å². The van der Waals surface area contributed by atoms with E-state index >= 15 is 0 Å². The minimum Gasteiger partial charge on any atom is -0.336 e. The first-order valence-corrected chi connectivity index (χ1v) is 4.93. The highest BCUT2D eigenvalue weighted by atomic mass is 19.4. The van der Waals surface area contributed by atoms with Crippen molar-refractivity contribution >= 4 is 0 Å². The first-order valence-electron chi connectivity index (χ1n) is 4.93. The Morgan fingerprint density at radius 1 is 1.56 bits per heavy atom. The largest absolute Gasteiger partial charge is 0.389 e. The van der Waals surface area contributed by atoms with Gasteiger partial charge in [-0.15, -0.1) is 0 Å². The predicted octanol–water partition coefficient (Wildman–Crippen LogP) is 1.66. The van der Waals surface area contributed by atoms with E-state index < -0.39 is 12.6 Å². The van der Waals surface area contributed by atoms with Crippen molar-refractivity contribution in [1.29, 1.82) is 0 Å². The summed E-state index contributed by atoms with van der Waals surface area (Å²) in [5.74, 6) is 5.31. The van der Waals surface area contributed by atoms with Crippen molar-refractivity contribution in [2.45, 2.75) is 31.5 Å². The zero-order valence-electron chi connectivity index (χ0n) is 8.96. The molecule has 3 N–H and O–H groups in total. The molecule has 1 rings (SSSR count). The molecule has 4 nitrogen and oxygen atoms in total. The number of hydrogen-bond acceptors (Lipinski definition) is 3. The van der Waals surface area contributed by atoms with Gasteiger partial charge < -0.3 is 4.57 Å². The minimum atomic E-state index is -4.11. The molecule has 7 heteroatoms. The predicted molar refractivity (Wildman–Crippen MR) is 53.2 cm³/mol. The molecule has 0 saturated heterocycles. The summed E-state index contributed by atoms with van der Waals surface area (Å²) in [4.78, 5) is 3.89. The first kappa shape index (κ1) is 13.0. The molecule has 0 saturated carbocycles. The molecule has 0 amide bonds. The first-order chi connectivity index (χ1) is 7.44. The van der Waals surface area contributed by atoms with E-state index in [1.54, 1.807) is 24.1 Å². The lowest BCUT2D eigenvalue weighted by atomic mass is 10.1. The number of imidazole rings is 1. The van der Waals surface area contributed by atoms with E-state index in [1.807, 2.05) is 0 Å². The summed E-state index contributed by atoms with van der Waals surface area (Å²) >= 11 is 0. The Kier molecular flexibility index (Phi) is 4.31. The highest BCUT2D eigenvalue weighted by molar-refractivity contribution is 5.04. The quantitative estimate of drug-likeness (QED) is 0.603. The van der Waals surface area contributed by atoms with Gasteiger partial charge in [0.2, 0.25) is 0 Å². The maximum Gasteiger partial charge on any atom is 0.389 e. The fraction of sp³-hybridized carbons (Fsp3) is 0.667. The Labute approximate surface area is 91.6 Å². The van der Waals surface area contributed by atoms with Crippen molar-refractivity contribution in [2.75, 3.05) is 0 Å². The summed E-state index contributed by atoms with van der Waals surface area (Å²) in [7, 11) is 1.77. The van der Waals surface area contributed by atoms with E-state index in [0.29, 0.717) is 6.42 Å². The molecule has 0 aliphatic rings. The molecule has 0 aromatic carbocycles. The summed E-state index contributed by atoms with van der Waals surface area (Å²) in [6.45, 7) is 0. The van der Waals surface area contributed by atoms with Gasteiger partial charge in [0.15, 0.2) is 0 Å². The second kappa shape index (κ2) is 5.31. The highest BCUT2D eigenvalue weighted by Gasteiger charge is 2.27. The van der Waals surface area contributed by atoms with Crippen LogP contribution < -0.4 is 11.3 Å². The Morgan fingerprint density at radius 2 is 2.25 bits per heavy atom. The summed E-state index contributed by atoms with van der Waals surface area (Å²) in [6.07, 6.45) is -1.34. The monoisotopic (exact) mass is 236 g/mol. The zero-order chi connectivity index (χ0) is 12.2. The number of rotatable bonds is 5. The van der Waals surface area contributed by atoms with Crippen LogP contribution in [-0.4, -0.2) is 15.7 Å². The average Bonchev–Trinajstić information content (AvgIpc) is 2.58. The zero-order valence-corrected chi connectivity index (χ0v) is 8.96. The molecule has 0 radical (unpaired) electrons. The number of hydrogen-bond donors (Lipinski definition) is 2. The Bertz CT molecular complexity index is 321. The fourth-order valence-electron chi connectivity index (χ4n) is 1.53. The molecule has 16 heavy (non-hydrogen) atoms. The van der Waals surface area contributed by atoms with Crippen LogP contribution in [0.5, 0.6) is 0 Å². The van der Waals surface area contributed by atoms with Crippen molar-refractivity contribution < 1.29 is 13.2 Å². The summed E-state index contributed by atoms with van der Waals surface area (Å²) < 4.78 is 37.6. The van der Waals surface area contributed by atoms with Crippen molar-refractivity contribution in [2.24, 2.45) is 12.9 Å². The van der Waals surface area contributed by atoms with Gasteiger partial charge in [0.1, 0.15) is 0 Å². The molecule has 1 aromatic heterocycles. The van der Waals surface area contributed by atoms with E-state index in [4.69, 9.17) is 5.84 Å². The van der Waals surface area contributed by atoms with Crippen LogP contribution in [-0.2, 0) is 7.05 Å². The van der Waals surface area contributed by atoms with Gasteiger partial charge in [0.05, 0.1) is 18.1 Å². The van der Waals surface area contributed by atoms with Gasteiger partial charge in [-0.05, 0) is 12.8 Å². The standard InChI is InChI=1S/C9H15F3N4/c1-16-6-14-5-8(16)7(15-13)3-2-4-9(10,11)12/h5-7,15H,2-4,13H2,1H3. The van der Waals surface area contributed by atoms with Gasteiger partial charge in [-0.2, -0.15) is 13.2 Å². The van der Waals surface area contributed by atoms with E-state index in [2.05, 4.69) is 10.4 Å². The Balaban J connectivity index is 2.48. The molecule has 1 atom stereocenters. The van der Waals surface area contributed by atoms with Crippen LogP contribution in [0.25, 0.3) is 0 Å². The maximum absolute atomic E-state index is 12.0. The SMILES string of the molecule is Cn1cncc1C(CCCC(F)(F)F)NN. The number of aromatic nitrogens is 2. The third kappa shape index (κ3) is 3.82. The molecule has 1 unspecified atom stereocenters. The van der Waals surface area contributed by atoms with Crippen molar-refractivity contribution in [3.63, 3.8) is 0 Å². The number of nitrogens with one attached hydrogen (secondary N) is 1. The van der Waals surface area contributed by atoms with Crippen LogP contribution in [0, 0.1) is 0 Å². The molecule has 0 spiro atoms. The summed E-state index contributed by atoms with van der Waals surface area (Å²) in [6, 6.07) is -0.296. The second-order valence-electron chi connectivity index (χ2n) is 3.66. The number of nitrogens with two attached hydrogens (primary N) is 1. The van der Waals surface area contributed by atoms with Crippen LogP contribution >= 0.6 is 0 Å². The third-order valence-electron chi connectivity index (χ3n) is 2.37. The molecular weight excluding hydrogens is 221 g/mol. The molecular formula is C9H15F3N4. The van der Waals surface area contributed by atoms with Crippen LogP contribution in [0.15, 0.2) is 12.5 Å². The lowest BCUT2D eigenvalue weighted by Gasteiger charge is -2.16. The molecule has 1 heterocycles. The van der Waals surface area contributed by atoms with Crippen LogP contribution in [0.4, 0.5) is 13.2 Å². The average molecular weight is 236 g/mol. The number of alkyl halides is 3. The Morgan fingerprint density at radius 3 is 2.69 bits per heavy atom. The van der Waals surface area contributed by atoms with Gasteiger partial charge in [-0.3, -0.25) is 11.3 Å². The summed E-state index contributed by atoms with van der Waals surface area (Å²) in [5.41, 5.74) is 3.29. The van der Waals surface area contributed by atoms with Crippen LogP contribution in [0.3, 0.4) is 0 Å². The molecule has 0 fully saturated rings. The van der Waals surface area contributed by atoms with Crippen LogP contribution in [0.2, 0.25) is 0 Å². The minimum absolute atomic E-state index is 0.0452. The van der Waals surface area contributed by atoms with E-state index in [1.165, 1.54) is 0 Å². The highest BCUT2D eigenvalue weighted by Crippen LogP contribution is 2.25. The Hall–Kier alpha value is -1.08. The molecule has 1 aromatic rings. The summed E-state index contributed by atoms with van der Waals surface area (Å²) in [5, 5.41) is 0. The van der Waals surface area contributed by atoms with E-state index in [9.17, 15) is 13.2 Å². The molecule has 0 aliphatic heterocycles. The van der Waals surface area contributed by atoms with Crippen molar-refractivity contribution in [1.82, 2.24) is 15.0 Å². The number of hydrazine groups is 1. The van der Waals surface area contributed by atoms with Gasteiger partial charge in [-0.1, -0.05) is 0 Å². The molecule has 0 aliphatic carbocycles. The van der Waals surface area contributed by atoms with E-state index in [-0.39, 0.29) is 12.5 Å². The van der Waals surface area contributed by atoms with Crippen LogP contribution in [0.1, 0.15) is 31.0 Å². The number of halogens is 3. The maximum atomic E-state index is 12.0. The van der Waals surface area contributed by atoms with Gasteiger partial charge >= 0.3 is 6.18 Å². The third-order valence-corrected chi connectivity index (χ3v) is 2.37. The molecule has 92 valence electrons. The smallest absolute Gasteiger partial charge is 0.336 e. The lowest BCUT2D eigenvalue weighted by Crippen LogP contribution is -2.29. The molecule has 0 bridgehead atoms. The lowest BCUT2D eigenvalue weighted by molar-refractivity contribution is -0.135. The number of aryl methyl sites for hydroxylation is 1. The normalized spacial score (nSPS) is 14.1. The fourth-order valence-corrected chi connectivity index (χ4v) is 1.53. The van der Waals surface area contributed by atoms with Gasteiger partial charge in [0, 0.05) is 19.7 Å². The topological polar surface area (TPSA) is 55.9 Å². The number of nitrogens with zero attached hydrogens (tertiary/aromatic N) is 2. The van der Waals surface area contributed by atoms with Gasteiger partial charge in [-0.25, -0.2) is 4.98 Å².